The van der Waals surface area contributed by atoms with Gasteiger partial charge in [-0.15, -0.1) is 0 Å². The lowest BCUT2D eigenvalue weighted by Crippen LogP contribution is -2.12. The second-order valence-corrected chi connectivity index (χ2v) is 7.12. The Morgan fingerprint density at radius 1 is 1.15 bits per heavy atom. The van der Waals surface area contributed by atoms with Gasteiger partial charge < -0.3 is 15.2 Å². The molecule has 0 amide bonds. The van der Waals surface area contributed by atoms with Gasteiger partial charge in [-0.05, 0) is 30.3 Å². The standard InChI is InChI=1S/C20H22N4O3/c1-20(2,3)17-12-18(24(23-17)13-7-9-21-10-8-13)22-16-6-5-14(27-4)11-15(16)19(25)26/h5-12,22H,1-4H3,(H,25,26). The average Bonchev–Trinajstić information content (AvgIpc) is 3.07. The predicted octanol–water partition coefficient (Wildman–Crippen LogP) is 4.02. The Labute approximate surface area is 157 Å². The molecule has 1 aromatic carbocycles. The van der Waals surface area contributed by atoms with E-state index in [1.807, 2.05) is 18.2 Å². The fraction of sp³-hybridized carbons (Fsp3) is 0.250. The molecule has 27 heavy (non-hydrogen) atoms. The third-order valence-corrected chi connectivity index (χ3v) is 4.10. The van der Waals surface area contributed by atoms with E-state index >= 15 is 0 Å². The normalized spacial score (nSPS) is 11.3. The van der Waals surface area contributed by atoms with Gasteiger partial charge in [0.2, 0.25) is 0 Å². The number of hydrogen-bond donors (Lipinski definition) is 2. The van der Waals surface area contributed by atoms with Crippen molar-refractivity contribution in [2.45, 2.75) is 26.2 Å². The van der Waals surface area contributed by atoms with E-state index in [4.69, 9.17) is 9.84 Å². The van der Waals surface area contributed by atoms with Crippen LogP contribution in [0.5, 0.6) is 5.75 Å². The predicted molar refractivity (Wildman–Crippen MR) is 103 cm³/mol. The number of carboxylic acids is 1. The molecular weight excluding hydrogens is 344 g/mol. The van der Waals surface area contributed by atoms with Crippen LogP contribution in [0.2, 0.25) is 0 Å². The molecule has 0 radical (unpaired) electrons. The van der Waals surface area contributed by atoms with Crippen LogP contribution in [0, 0.1) is 0 Å². The molecule has 2 aromatic heterocycles. The maximum Gasteiger partial charge on any atom is 0.337 e. The van der Waals surface area contributed by atoms with Gasteiger partial charge in [-0.25, -0.2) is 9.48 Å². The number of methoxy groups -OCH3 is 1. The molecular formula is C20H22N4O3. The van der Waals surface area contributed by atoms with Crippen molar-refractivity contribution in [2.75, 3.05) is 12.4 Å². The number of carboxylic acid groups (broad SMARTS) is 1. The first-order chi connectivity index (χ1) is 12.8. The molecule has 2 N–H and O–H groups in total. The minimum absolute atomic E-state index is 0.120. The molecule has 140 valence electrons. The van der Waals surface area contributed by atoms with Crippen molar-refractivity contribution in [3.8, 4) is 11.4 Å². The van der Waals surface area contributed by atoms with Crippen molar-refractivity contribution in [2.24, 2.45) is 0 Å². The van der Waals surface area contributed by atoms with E-state index in [0.29, 0.717) is 17.3 Å². The summed E-state index contributed by atoms with van der Waals surface area (Å²) in [5.41, 5.74) is 2.12. The maximum atomic E-state index is 11.7. The van der Waals surface area contributed by atoms with Crippen LogP contribution in [0.1, 0.15) is 36.8 Å². The zero-order valence-electron chi connectivity index (χ0n) is 15.7. The second-order valence-electron chi connectivity index (χ2n) is 7.12. The quantitative estimate of drug-likeness (QED) is 0.709. The first kappa shape index (κ1) is 18.4. The minimum atomic E-state index is -1.04. The fourth-order valence-corrected chi connectivity index (χ4v) is 2.59. The van der Waals surface area contributed by atoms with Crippen molar-refractivity contribution >= 4 is 17.5 Å². The Kier molecular flexibility index (Phi) is 4.85. The van der Waals surface area contributed by atoms with Gasteiger partial charge in [0.25, 0.3) is 0 Å². The van der Waals surface area contributed by atoms with Gasteiger partial charge in [-0.1, -0.05) is 20.8 Å². The number of rotatable bonds is 5. The number of carbonyl (C=O) groups is 1. The lowest BCUT2D eigenvalue weighted by molar-refractivity contribution is 0.0697. The van der Waals surface area contributed by atoms with Gasteiger partial charge in [0.05, 0.1) is 29.7 Å². The third kappa shape index (κ3) is 3.92. The summed E-state index contributed by atoms with van der Waals surface area (Å²) in [6.45, 7) is 6.23. The summed E-state index contributed by atoms with van der Waals surface area (Å²) >= 11 is 0. The highest BCUT2D eigenvalue weighted by Crippen LogP contribution is 2.30. The lowest BCUT2D eigenvalue weighted by atomic mass is 9.92. The van der Waals surface area contributed by atoms with E-state index in [1.54, 1.807) is 29.2 Å². The van der Waals surface area contributed by atoms with E-state index in [1.165, 1.54) is 13.2 Å². The Morgan fingerprint density at radius 2 is 1.85 bits per heavy atom. The molecule has 0 saturated heterocycles. The molecule has 3 aromatic rings. The zero-order valence-corrected chi connectivity index (χ0v) is 15.7. The van der Waals surface area contributed by atoms with Crippen LogP contribution in [0.4, 0.5) is 11.5 Å². The van der Waals surface area contributed by atoms with Crippen molar-refractivity contribution in [1.29, 1.82) is 0 Å². The second kappa shape index (κ2) is 7.11. The number of nitrogens with one attached hydrogen (secondary N) is 1. The number of benzene rings is 1. The van der Waals surface area contributed by atoms with Gasteiger partial charge in [-0.2, -0.15) is 5.10 Å². The maximum absolute atomic E-state index is 11.7. The Balaban J connectivity index is 2.09. The van der Waals surface area contributed by atoms with Crippen molar-refractivity contribution < 1.29 is 14.6 Å². The van der Waals surface area contributed by atoms with Crippen molar-refractivity contribution in [3.05, 3.63) is 60.0 Å². The first-order valence-electron chi connectivity index (χ1n) is 8.49. The highest BCUT2D eigenvalue weighted by molar-refractivity contribution is 5.95. The smallest absolute Gasteiger partial charge is 0.337 e. The largest absolute Gasteiger partial charge is 0.497 e. The lowest BCUT2D eigenvalue weighted by Gasteiger charge is -2.14. The molecule has 0 saturated carbocycles. The number of anilines is 2. The molecule has 3 rings (SSSR count). The van der Waals surface area contributed by atoms with Gasteiger partial charge >= 0.3 is 5.97 Å². The molecule has 0 aliphatic rings. The summed E-state index contributed by atoms with van der Waals surface area (Å²) in [6, 6.07) is 10.5. The van der Waals surface area contributed by atoms with Crippen LogP contribution in [0.25, 0.3) is 5.69 Å². The summed E-state index contributed by atoms with van der Waals surface area (Å²) in [6.07, 6.45) is 3.38. The summed E-state index contributed by atoms with van der Waals surface area (Å²) < 4.78 is 6.88. The molecule has 7 heteroatoms. The molecule has 0 aliphatic carbocycles. The number of aromatic nitrogens is 3. The fourth-order valence-electron chi connectivity index (χ4n) is 2.59. The molecule has 0 bridgehead atoms. The number of ether oxygens (including phenoxy) is 1. The van der Waals surface area contributed by atoms with Crippen LogP contribution in [-0.2, 0) is 5.41 Å². The van der Waals surface area contributed by atoms with E-state index in [-0.39, 0.29) is 11.0 Å². The monoisotopic (exact) mass is 366 g/mol. The Morgan fingerprint density at radius 3 is 2.44 bits per heavy atom. The highest BCUT2D eigenvalue weighted by Gasteiger charge is 2.22. The van der Waals surface area contributed by atoms with E-state index in [0.717, 1.165) is 11.4 Å². The molecule has 0 spiro atoms. The summed E-state index contributed by atoms with van der Waals surface area (Å²) in [5, 5.41) is 17.5. The number of aromatic carboxylic acids is 1. The molecule has 0 aliphatic heterocycles. The van der Waals surface area contributed by atoms with Crippen molar-refractivity contribution in [3.63, 3.8) is 0 Å². The molecule has 2 heterocycles. The number of hydrogen-bond acceptors (Lipinski definition) is 5. The van der Waals surface area contributed by atoms with Crippen LogP contribution >= 0.6 is 0 Å². The molecule has 0 atom stereocenters. The summed E-state index contributed by atoms with van der Waals surface area (Å²) in [4.78, 5) is 15.7. The SMILES string of the molecule is COc1ccc(Nc2cc(C(C)(C)C)nn2-c2ccncc2)c(C(=O)O)c1. The van der Waals surface area contributed by atoms with E-state index in [2.05, 4.69) is 31.1 Å². The number of nitrogens with zero attached hydrogens (tertiary/aromatic N) is 3. The van der Waals surface area contributed by atoms with Gasteiger partial charge in [-0.3, -0.25) is 4.98 Å². The van der Waals surface area contributed by atoms with E-state index < -0.39 is 5.97 Å². The molecule has 0 unspecified atom stereocenters. The third-order valence-electron chi connectivity index (χ3n) is 4.10. The highest BCUT2D eigenvalue weighted by atomic mass is 16.5. The van der Waals surface area contributed by atoms with Crippen LogP contribution in [-0.4, -0.2) is 33.0 Å². The van der Waals surface area contributed by atoms with Gasteiger partial charge in [0, 0.05) is 23.9 Å². The van der Waals surface area contributed by atoms with Crippen LogP contribution in [0.15, 0.2) is 48.8 Å². The number of pyridine rings is 1. The van der Waals surface area contributed by atoms with Gasteiger partial charge in [0.1, 0.15) is 11.6 Å². The van der Waals surface area contributed by atoms with E-state index in [9.17, 15) is 9.90 Å². The first-order valence-corrected chi connectivity index (χ1v) is 8.49. The topological polar surface area (TPSA) is 89.3 Å². The molecule has 7 nitrogen and oxygen atoms in total. The Hall–Kier alpha value is -3.35. The van der Waals surface area contributed by atoms with Crippen LogP contribution in [0.3, 0.4) is 0 Å². The summed E-state index contributed by atoms with van der Waals surface area (Å²) in [7, 11) is 1.50. The average molecular weight is 366 g/mol. The zero-order chi connectivity index (χ0) is 19.6. The summed E-state index contributed by atoms with van der Waals surface area (Å²) in [5.74, 6) is 0.109. The Bertz CT molecular complexity index is 959. The van der Waals surface area contributed by atoms with Crippen molar-refractivity contribution in [1.82, 2.24) is 14.8 Å². The molecule has 0 fully saturated rings. The minimum Gasteiger partial charge on any atom is -0.497 e. The van der Waals surface area contributed by atoms with Gasteiger partial charge in [0.15, 0.2) is 0 Å². The van der Waals surface area contributed by atoms with Crippen LogP contribution < -0.4 is 10.1 Å².